The number of aryl methyl sites for hydroxylation is 1. The molecule has 1 aromatic carbocycles. The fourth-order valence-corrected chi connectivity index (χ4v) is 4.48. The topological polar surface area (TPSA) is 43.9 Å². The number of hydrogen-bond donors (Lipinski definition) is 0. The molecule has 3 rings (SSSR count). The summed E-state index contributed by atoms with van der Waals surface area (Å²) in [4.78, 5) is 33.3. The second-order valence-electron chi connectivity index (χ2n) is 7.42. The van der Waals surface area contributed by atoms with Crippen molar-refractivity contribution in [1.29, 1.82) is 0 Å². The number of carbonyl (C=O) groups is 2. The van der Waals surface area contributed by atoms with E-state index in [1.807, 2.05) is 53.1 Å². The van der Waals surface area contributed by atoms with Crippen LogP contribution in [0.25, 0.3) is 0 Å². The summed E-state index contributed by atoms with van der Waals surface area (Å²) >= 11 is 1.53. The molecule has 5 nitrogen and oxygen atoms in total. The number of carbonyl (C=O) groups excluding carboxylic acids is 2. The zero-order valence-electron chi connectivity index (χ0n) is 17.1. The van der Waals surface area contributed by atoms with Gasteiger partial charge >= 0.3 is 0 Å². The second kappa shape index (κ2) is 8.78. The summed E-state index contributed by atoms with van der Waals surface area (Å²) in [5.74, 6) is 0.112. The summed E-state index contributed by atoms with van der Waals surface area (Å²) in [5, 5.41) is 0. The van der Waals surface area contributed by atoms with E-state index in [0.29, 0.717) is 37.8 Å². The third-order valence-corrected chi connectivity index (χ3v) is 6.20. The first-order valence-electron chi connectivity index (χ1n) is 9.92. The first-order valence-corrected chi connectivity index (χ1v) is 10.7. The van der Waals surface area contributed by atoms with Crippen molar-refractivity contribution < 1.29 is 9.59 Å². The molecule has 0 bridgehead atoms. The van der Waals surface area contributed by atoms with Crippen LogP contribution in [0.1, 0.15) is 45.7 Å². The van der Waals surface area contributed by atoms with Crippen LogP contribution in [0.3, 0.4) is 0 Å². The number of benzene rings is 1. The molecule has 1 aromatic heterocycles. The number of rotatable bonds is 5. The van der Waals surface area contributed by atoms with Gasteiger partial charge in [-0.1, -0.05) is 0 Å². The highest BCUT2D eigenvalue weighted by Gasteiger charge is 2.26. The van der Waals surface area contributed by atoms with Crippen LogP contribution in [-0.2, 0) is 0 Å². The zero-order chi connectivity index (χ0) is 20.3. The largest absolute Gasteiger partial charge is 0.369 e. The number of nitrogens with zero attached hydrogens (tertiary/aromatic N) is 3. The van der Waals surface area contributed by atoms with E-state index in [2.05, 4.69) is 25.7 Å². The lowest BCUT2D eigenvalue weighted by molar-refractivity contribution is 0.0538. The number of piperazine rings is 1. The van der Waals surface area contributed by atoms with Gasteiger partial charge in [-0.2, -0.15) is 0 Å². The Kier molecular flexibility index (Phi) is 6.39. The molecule has 28 heavy (non-hydrogen) atoms. The van der Waals surface area contributed by atoms with Crippen molar-refractivity contribution in [3.63, 3.8) is 0 Å². The third kappa shape index (κ3) is 4.38. The standard InChI is InChI=1S/C22H29N3O2S/c1-5-25(16(2)3)19-9-7-18(8-10-19)21(26)23-12-14-24(15-13-23)22(27)20-11-6-17(4)28-20/h6-11,16H,5,12-15H2,1-4H3. The molecule has 2 aromatic rings. The van der Waals surface area contributed by atoms with Crippen molar-refractivity contribution in [2.45, 2.75) is 33.7 Å². The SMILES string of the molecule is CCN(c1ccc(C(=O)N2CCN(C(=O)c3ccc(C)s3)CC2)cc1)C(C)C. The van der Waals surface area contributed by atoms with E-state index in [1.54, 1.807) is 0 Å². The molecule has 6 heteroatoms. The summed E-state index contributed by atoms with van der Waals surface area (Å²) in [7, 11) is 0. The van der Waals surface area contributed by atoms with E-state index < -0.39 is 0 Å². The Morgan fingerprint density at radius 1 is 0.964 bits per heavy atom. The molecule has 0 atom stereocenters. The molecule has 1 aliphatic rings. The summed E-state index contributed by atoms with van der Waals surface area (Å²) in [6, 6.07) is 12.1. The Hall–Kier alpha value is -2.34. The quantitative estimate of drug-likeness (QED) is 0.766. The number of anilines is 1. The van der Waals surface area contributed by atoms with Gasteiger partial charge in [-0.05, 0) is 64.1 Å². The minimum Gasteiger partial charge on any atom is -0.369 e. The third-order valence-electron chi connectivity index (χ3n) is 5.22. The van der Waals surface area contributed by atoms with Crippen molar-refractivity contribution in [3.8, 4) is 0 Å². The van der Waals surface area contributed by atoms with Crippen molar-refractivity contribution in [2.24, 2.45) is 0 Å². The fraction of sp³-hybridized carbons (Fsp3) is 0.455. The maximum absolute atomic E-state index is 12.8. The van der Waals surface area contributed by atoms with Gasteiger partial charge in [0.05, 0.1) is 4.88 Å². The molecule has 0 radical (unpaired) electrons. The van der Waals surface area contributed by atoms with Crippen LogP contribution in [0.4, 0.5) is 5.69 Å². The van der Waals surface area contributed by atoms with Crippen LogP contribution < -0.4 is 4.90 Å². The van der Waals surface area contributed by atoms with Gasteiger partial charge < -0.3 is 14.7 Å². The Bertz CT molecular complexity index is 821. The van der Waals surface area contributed by atoms with Crippen molar-refractivity contribution >= 4 is 28.8 Å². The van der Waals surface area contributed by atoms with Crippen LogP contribution in [0.2, 0.25) is 0 Å². The normalized spacial score (nSPS) is 14.5. The molecule has 0 spiro atoms. The van der Waals surface area contributed by atoms with Crippen LogP contribution in [-0.4, -0.2) is 60.4 Å². The molecule has 2 heterocycles. The van der Waals surface area contributed by atoms with Crippen LogP contribution in [0, 0.1) is 6.92 Å². The summed E-state index contributed by atoms with van der Waals surface area (Å²) in [5.41, 5.74) is 1.84. The highest BCUT2D eigenvalue weighted by Crippen LogP contribution is 2.20. The molecule has 0 aliphatic carbocycles. The first kappa shape index (κ1) is 20.4. The van der Waals surface area contributed by atoms with Gasteiger partial charge in [-0.25, -0.2) is 0 Å². The Morgan fingerprint density at radius 3 is 2.00 bits per heavy atom. The molecule has 0 saturated carbocycles. The van der Waals surface area contributed by atoms with Crippen LogP contribution in [0.5, 0.6) is 0 Å². The lowest BCUT2D eigenvalue weighted by Crippen LogP contribution is -2.50. The van der Waals surface area contributed by atoms with Gasteiger partial charge in [-0.3, -0.25) is 9.59 Å². The summed E-state index contributed by atoms with van der Waals surface area (Å²) in [6.07, 6.45) is 0. The van der Waals surface area contributed by atoms with E-state index in [0.717, 1.165) is 22.0 Å². The highest BCUT2D eigenvalue weighted by molar-refractivity contribution is 7.13. The zero-order valence-corrected chi connectivity index (χ0v) is 18.0. The maximum Gasteiger partial charge on any atom is 0.264 e. The molecule has 1 saturated heterocycles. The Morgan fingerprint density at radius 2 is 1.54 bits per heavy atom. The van der Waals surface area contributed by atoms with Gasteiger partial charge in [0.25, 0.3) is 11.8 Å². The smallest absolute Gasteiger partial charge is 0.264 e. The van der Waals surface area contributed by atoms with E-state index >= 15 is 0 Å². The second-order valence-corrected chi connectivity index (χ2v) is 8.71. The van der Waals surface area contributed by atoms with E-state index in [-0.39, 0.29) is 11.8 Å². The van der Waals surface area contributed by atoms with Gasteiger partial charge in [0, 0.05) is 54.9 Å². The predicted octanol–water partition coefficient (Wildman–Crippen LogP) is 3.89. The van der Waals surface area contributed by atoms with Gasteiger partial charge in [0.1, 0.15) is 0 Å². The molecular formula is C22H29N3O2S. The number of thiophene rings is 1. The van der Waals surface area contributed by atoms with Crippen molar-refractivity contribution in [1.82, 2.24) is 9.80 Å². The summed E-state index contributed by atoms with van der Waals surface area (Å²) in [6.45, 7) is 11.7. The Balaban J connectivity index is 1.60. The molecule has 0 unspecified atom stereocenters. The minimum absolute atomic E-state index is 0.0400. The highest BCUT2D eigenvalue weighted by atomic mass is 32.1. The monoisotopic (exact) mass is 399 g/mol. The van der Waals surface area contributed by atoms with E-state index in [9.17, 15) is 9.59 Å². The number of amides is 2. The lowest BCUT2D eigenvalue weighted by atomic mass is 10.1. The van der Waals surface area contributed by atoms with Gasteiger partial charge in [0.15, 0.2) is 0 Å². The average Bonchev–Trinajstić information content (AvgIpc) is 3.14. The van der Waals surface area contributed by atoms with Crippen LogP contribution in [0.15, 0.2) is 36.4 Å². The first-order chi connectivity index (χ1) is 13.4. The maximum atomic E-state index is 12.8. The minimum atomic E-state index is 0.0400. The van der Waals surface area contributed by atoms with E-state index in [4.69, 9.17) is 0 Å². The molecule has 2 amide bonds. The van der Waals surface area contributed by atoms with Gasteiger partial charge in [-0.15, -0.1) is 11.3 Å². The molecule has 1 fully saturated rings. The van der Waals surface area contributed by atoms with Crippen molar-refractivity contribution in [3.05, 3.63) is 51.7 Å². The van der Waals surface area contributed by atoms with Gasteiger partial charge in [0.2, 0.25) is 0 Å². The Labute approximate surface area is 171 Å². The van der Waals surface area contributed by atoms with E-state index in [1.165, 1.54) is 11.3 Å². The number of hydrogen-bond acceptors (Lipinski definition) is 4. The molecule has 1 aliphatic heterocycles. The fourth-order valence-electron chi connectivity index (χ4n) is 3.64. The summed E-state index contributed by atoms with van der Waals surface area (Å²) < 4.78 is 0. The lowest BCUT2D eigenvalue weighted by Gasteiger charge is -2.34. The van der Waals surface area contributed by atoms with Crippen LogP contribution >= 0.6 is 11.3 Å². The molecule has 0 N–H and O–H groups in total. The van der Waals surface area contributed by atoms with Crippen molar-refractivity contribution in [2.75, 3.05) is 37.6 Å². The molecular weight excluding hydrogens is 370 g/mol. The average molecular weight is 400 g/mol. The predicted molar refractivity (Wildman–Crippen MR) is 115 cm³/mol. The molecule has 150 valence electrons.